The van der Waals surface area contributed by atoms with Gasteiger partial charge in [0.1, 0.15) is 4.90 Å². The van der Waals surface area contributed by atoms with E-state index in [2.05, 4.69) is 15.9 Å². The van der Waals surface area contributed by atoms with Crippen molar-refractivity contribution in [3.05, 3.63) is 14.7 Å². The molecule has 1 aromatic heterocycles. The van der Waals surface area contributed by atoms with Gasteiger partial charge in [0.2, 0.25) is 10.0 Å². The van der Waals surface area contributed by atoms with Gasteiger partial charge in [-0.2, -0.15) is 16.1 Å². The van der Waals surface area contributed by atoms with Crippen molar-refractivity contribution >= 4 is 49.1 Å². The second-order valence-electron chi connectivity index (χ2n) is 4.16. The maximum atomic E-state index is 12.5. The van der Waals surface area contributed by atoms with Crippen LogP contribution in [0.4, 0.5) is 0 Å². The molecular formula is C11H18BrNO3S3. The van der Waals surface area contributed by atoms with Gasteiger partial charge in [0.15, 0.2) is 0 Å². The quantitative estimate of drug-likeness (QED) is 0.781. The largest absolute Gasteiger partial charge is 0.391 e. The summed E-state index contributed by atoms with van der Waals surface area (Å²) < 4.78 is 26.9. The van der Waals surface area contributed by atoms with Gasteiger partial charge in [-0.1, -0.05) is 0 Å². The summed E-state index contributed by atoms with van der Waals surface area (Å²) >= 11 is 6.21. The van der Waals surface area contributed by atoms with Crippen LogP contribution in [0, 0.1) is 0 Å². The highest BCUT2D eigenvalue weighted by atomic mass is 79.9. The molecule has 0 aliphatic carbocycles. The predicted molar refractivity (Wildman–Crippen MR) is 85.4 cm³/mol. The number of hydrogen-bond acceptors (Lipinski definition) is 5. The topological polar surface area (TPSA) is 57.6 Å². The van der Waals surface area contributed by atoms with Crippen LogP contribution in [0.2, 0.25) is 0 Å². The Balaban J connectivity index is 2.99. The number of halogens is 1. The van der Waals surface area contributed by atoms with Crippen LogP contribution in [0.5, 0.6) is 0 Å². The fraction of sp³-hybridized carbons (Fsp3) is 0.636. The zero-order valence-corrected chi connectivity index (χ0v) is 15.1. The third-order valence-electron chi connectivity index (χ3n) is 2.88. The van der Waals surface area contributed by atoms with Crippen LogP contribution in [0.15, 0.2) is 14.7 Å². The Hall–Kier alpha value is 0.400. The van der Waals surface area contributed by atoms with E-state index in [4.69, 9.17) is 5.11 Å². The summed E-state index contributed by atoms with van der Waals surface area (Å²) in [5.74, 6) is 0.924. The Labute approximate surface area is 131 Å². The maximum absolute atomic E-state index is 12.5. The predicted octanol–water partition coefficient (Wildman–Crippen LogP) is 2.77. The first kappa shape index (κ1) is 17.5. The van der Waals surface area contributed by atoms with E-state index in [1.165, 1.54) is 21.7 Å². The molecule has 0 aromatic carbocycles. The molecule has 19 heavy (non-hydrogen) atoms. The average Bonchev–Trinajstić information content (AvgIpc) is 2.76. The van der Waals surface area contributed by atoms with Gasteiger partial charge in [-0.15, -0.1) is 11.3 Å². The summed E-state index contributed by atoms with van der Waals surface area (Å²) in [6.45, 7) is 1.76. The first-order chi connectivity index (χ1) is 8.84. The highest BCUT2D eigenvalue weighted by molar-refractivity contribution is 9.11. The van der Waals surface area contributed by atoms with E-state index in [1.807, 2.05) is 13.2 Å². The summed E-state index contributed by atoms with van der Waals surface area (Å²) in [5, 5.41) is 9.08. The molecule has 0 amide bonds. The van der Waals surface area contributed by atoms with Gasteiger partial charge in [0, 0.05) is 18.0 Å². The van der Waals surface area contributed by atoms with E-state index < -0.39 is 10.0 Å². The summed E-state index contributed by atoms with van der Waals surface area (Å²) in [7, 11) is -1.91. The third kappa shape index (κ3) is 4.18. The van der Waals surface area contributed by atoms with Crippen LogP contribution in [0.3, 0.4) is 0 Å². The summed E-state index contributed by atoms with van der Waals surface area (Å²) in [5.41, 5.74) is 0. The molecule has 1 atom stereocenters. The Morgan fingerprint density at radius 3 is 2.68 bits per heavy atom. The van der Waals surface area contributed by atoms with Crippen LogP contribution in [0.25, 0.3) is 0 Å². The molecule has 0 fully saturated rings. The molecule has 0 spiro atoms. The Bertz CT molecular complexity index is 515. The lowest BCUT2D eigenvalue weighted by molar-refractivity contribution is 0.285. The molecule has 0 radical (unpaired) electrons. The lowest BCUT2D eigenvalue weighted by atomic mass is 10.3. The van der Waals surface area contributed by atoms with Crippen molar-refractivity contribution in [3.8, 4) is 0 Å². The van der Waals surface area contributed by atoms with E-state index in [-0.39, 0.29) is 17.5 Å². The number of aliphatic hydroxyl groups excluding tert-OH is 1. The summed E-state index contributed by atoms with van der Waals surface area (Å²) in [6, 6.07) is 1.48. The Morgan fingerprint density at radius 2 is 2.21 bits per heavy atom. The standard InChI is InChI=1S/C11H18BrNO3S3/c1-8(4-5-17-3)13(2)19(15,16)10-6-9(7-14)18-11(10)12/h6,8,14H,4-5,7H2,1-3H3. The molecule has 1 aromatic rings. The van der Waals surface area contributed by atoms with E-state index in [0.29, 0.717) is 8.66 Å². The second-order valence-corrected chi connectivity index (χ2v) is 9.57. The molecule has 4 nitrogen and oxygen atoms in total. The fourth-order valence-corrected chi connectivity index (χ4v) is 5.97. The zero-order chi connectivity index (χ0) is 14.6. The monoisotopic (exact) mass is 387 g/mol. The highest BCUT2D eigenvalue weighted by Gasteiger charge is 2.28. The SMILES string of the molecule is CSCCC(C)N(C)S(=O)(=O)c1cc(CO)sc1Br. The van der Waals surface area contributed by atoms with Crippen molar-refractivity contribution in [1.29, 1.82) is 0 Å². The molecular weight excluding hydrogens is 370 g/mol. The van der Waals surface area contributed by atoms with Crippen LogP contribution in [-0.4, -0.2) is 42.9 Å². The molecule has 0 saturated heterocycles. The number of hydrogen-bond donors (Lipinski definition) is 1. The lowest BCUT2D eigenvalue weighted by Crippen LogP contribution is -2.35. The van der Waals surface area contributed by atoms with Crippen molar-refractivity contribution in [2.75, 3.05) is 19.1 Å². The van der Waals surface area contributed by atoms with Crippen LogP contribution in [-0.2, 0) is 16.6 Å². The van der Waals surface area contributed by atoms with Crippen molar-refractivity contribution in [3.63, 3.8) is 0 Å². The molecule has 0 aliphatic rings. The van der Waals surface area contributed by atoms with Crippen molar-refractivity contribution in [1.82, 2.24) is 4.31 Å². The molecule has 1 unspecified atom stereocenters. The number of thioether (sulfide) groups is 1. The molecule has 1 heterocycles. The van der Waals surface area contributed by atoms with E-state index in [0.717, 1.165) is 12.2 Å². The average molecular weight is 388 g/mol. The Kier molecular flexibility index (Phi) is 6.82. The Morgan fingerprint density at radius 1 is 1.58 bits per heavy atom. The maximum Gasteiger partial charge on any atom is 0.245 e. The molecule has 1 rings (SSSR count). The molecule has 0 saturated carbocycles. The highest BCUT2D eigenvalue weighted by Crippen LogP contribution is 2.34. The third-order valence-corrected chi connectivity index (χ3v) is 7.73. The fourth-order valence-electron chi connectivity index (χ4n) is 1.51. The zero-order valence-electron chi connectivity index (χ0n) is 11.1. The number of rotatable bonds is 7. The molecule has 110 valence electrons. The number of thiophene rings is 1. The van der Waals surface area contributed by atoms with E-state index >= 15 is 0 Å². The molecule has 0 aliphatic heterocycles. The lowest BCUT2D eigenvalue weighted by Gasteiger charge is -2.23. The van der Waals surface area contributed by atoms with Crippen molar-refractivity contribution in [2.45, 2.75) is 30.9 Å². The van der Waals surface area contributed by atoms with Gasteiger partial charge in [0.05, 0.1) is 10.4 Å². The molecule has 8 heteroatoms. The minimum absolute atomic E-state index is 0.0539. The summed E-state index contributed by atoms with van der Waals surface area (Å²) in [6.07, 6.45) is 2.82. The normalized spacial score (nSPS) is 14.0. The van der Waals surface area contributed by atoms with Gasteiger partial charge < -0.3 is 5.11 Å². The minimum atomic E-state index is -3.51. The minimum Gasteiger partial charge on any atom is -0.391 e. The van der Waals surface area contributed by atoms with Gasteiger partial charge >= 0.3 is 0 Å². The molecule has 0 bridgehead atoms. The smallest absolute Gasteiger partial charge is 0.245 e. The first-order valence-corrected chi connectivity index (χ1v) is 10.1. The van der Waals surface area contributed by atoms with Gasteiger partial charge in [-0.3, -0.25) is 0 Å². The van der Waals surface area contributed by atoms with Gasteiger partial charge in [-0.25, -0.2) is 8.42 Å². The van der Waals surface area contributed by atoms with Gasteiger partial charge in [-0.05, 0) is 47.3 Å². The van der Waals surface area contributed by atoms with Crippen molar-refractivity contribution in [2.24, 2.45) is 0 Å². The van der Waals surface area contributed by atoms with E-state index in [9.17, 15) is 8.42 Å². The second kappa shape index (κ2) is 7.42. The molecule has 1 N–H and O–H groups in total. The van der Waals surface area contributed by atoms with Crippen LogP contribution in [0.1, 0.15) is 18.2 Å². The number of nitrogens with zero attached hydrogens (tertiary/aromatic N) is 1. The van der Waals surface area contributed by atoms with E-state index in [1.54, 1.807) is 18.8 Å². The van der Waals surface area contributed by atoms with Crippen LogP contribution < -0.4 is 0 Å². The summed E-state index contributed by atoms with van der Waals surface area (Å²) in [4.78, 5) is 0.871. The number of aliphatic hydroxyl groups is 1. The first-order valence-electron chi connectivity index (χ1n) is 5.70. The number of sulfonamides is 1. The van der Waals surface area contributed by atoms with Gasteiger partial charge in [0.25, 0.3) is 0 Å². The van der Waals surface area contributed by atoms with Crippen LogP contribution >= 0.6 is 39.0 Å². The van der Waals surface area contributed by atoms with Crippen molar-refractivity contribution < 1.29 is 13.5 Å².